The Balaban J connectivity index is 1.46. The second kappa shape index (κ2) is 10.1. The van der Waals surface area contributed by atoms with Crippen LogP contribution in [-0.4, -0.2) is 78.6 Å². The minimum absolute atomic E-state index is 0.101. The summed E-state index contributed by atoms with van der Waals surface area (Å²) in [4.78, 5) is 31.4. The molecule has 0 unspecified atom stereocenters. The van der Waals surface area contributed by atoms with Crippen LogP contribution in [0.15, 0.2) is 24.3 Å². The molecule has 148 valence electrons. The fourth-order valence-corrected chi connectivity index (χ4v) is 4.34. The molecule has 2 aliphatic heterocycles. The van der Waals surface area contributed by atoms with Crippen LogP contribution in [0, 0.1) is 0 Å². The highest BCUT2D eigenvalue weighted by Gasteiger charge is 2.25. The van der Waals surface area contributed by atoms with E-state index >= 15 is 0 Å². The number of amides is 2. The molecule has 0 saturated carbocycles. The molecule has 0 aromatic heterocycles. The summed E-state index contributed by atoms with van der Waals surface area (Å²) in [6.45, 7) is 5.24. The Morgan fingerprint density at radius 1 is 0.852 bits per heavy atom. The number of nitrogens with zero attached hydrogens (tertiary/aromatic N) is 3. The summed E-state index contributed by atoms with van der Waals surface area (Å²) < 4.78 is 0. The molecule has 2 amide bonds. The van der Waals surface area contributed by atoms with Gasteiger partial charge in [0.25, 0.3) is 5.91 Å². The molecule has 6 heteroatoms. The fraction of sp³-hybridized carbons (Fsp3) is 0.619. The zero-order valence-electron chi connectivity index (χ0n) is 16.4. The van der Waals surface area contributed by atoms with Crippen LogP contribution in [0.4, 0.5) is 0 Å². The maximum atomic E-state index is 12.7. The predicted molar refractivity (Wildman–Crippen MR) is 111 cm³/mol. The van der Waals surface area contributed by atoms with Crippen LogP contribution in [0.2, 0.25) is 0 Å². The van der Waals surface area contributed by atoms with Crippen molar-refractivity contribution in [2.24, 2.45) is 0 Å². The molecule has 0 N–H and O–H groups in total. The lowest BCUT2D eigenvalue weighted by Crippen LogP contribution is -2.51. The van der Waals surface area contributed by atoms with Gasteiger partial charge in [-0.1, -0.05) is 25.0 Å². The number of hydrogen-bond donors (Lipinski definition) is 0. The Kier molecular flexibility index (Phi) is 7.59. The van der Waals surface area contributed by atoms with Gasteiger partial charge in [-0.25, -0.2) is 0 Å². The smallest absolute Gasteiger partial charge is 0.253 e. The Hall–Kier alpha value is -1.53. The highest BCUT2D eigenvalue weighted by molar-refractivity contribution is 7.97. The first-order valence-electron chi connectivity index (χ1n) is 10.0. The number of rotatable bonds is 5. The minimum atomic E-state index is 0.101. The first kappa shape index (κ1) is 20.2. The standard InChI is InChI=1S/C21H31N3O2S/c1-27-17-18-6-8-19(9-7-18)21(26)24-14-12-22(13-15-24)16-20(25)23-10-4-2-3-5-11-23/h6-9H,2-5,10-17H2,1H3. The second-order valence-electron chi connectivity index (χ2n) is 7.49. The first-order valence-corrected chi connectivity index (χ1v) is 11.4. The molecular weight excluding hydrogens is 358 g/mol. The lowest BCUT2D eigenvalue weighted by atomic mass is 10.1. The highest BCUT2D eigenvalue weighted by atomic mass is 32.2. The zero-order valence-corrected chi connectivity index (χ0v) is 17.2. The van der Waals surface area contributed by atoms with E-state index in [9.17, 15) is 9.59 Å². The summed E-state index contributed by atoms with van der Waals surface area (Å²) in [7, 11) is 0. The summed E-state index contributed by atoms with van der Waals surface area (Å²) >= 11 is 1.78. The van der Waals surface area contributed by atoms with Crippen molar-refractivity contribution in [2.75, 3.05) is 52.1 Å². The van der Waals surface area contributed by atoms with Crippen molar-refractivity contribution in [2.45, 2.75) is 31.4 Å². The number of thioether (sulfide) groups is 1. The number of hydrogen-bond acceptors (Lipinski definition) is 4. The fourth-order valence-electron chi connectivity index (χ4n) is 3.81. The quantitative estimate of drug-likeness (QED) is 0.777. The van der Waals surface area contributed by atoms with E-state index in [1.165, 1.54) is 18.4 Å². The third kappa shape index (κ3) is 5.72. The number of carbonyl (C=O) groups is 2. The van der Waals surface area contributed by atoms with Crippen molar-refractivity contribution >= 4 is 23.6 Å². The van der Waals surface area contributed by atoms with Gasteiger partial charge in [0, 0.05) is 50.6 Å². The van der Waals surface area contributed by atoms with E-state index in [2.05, 4.69) is 11.2 Å². The molecule has 0 aliphatic carbocycles. The van der Waals surface area contributed by atoms with Crippen LogP contribution >= 0.6 is 11.8 Å². The maximum absolute atomic E-state index is 12.7. The first-order chi connectivity index (χ1) is 13.2. The topological polar surface area (TPSA) is 43.9 Å². The van der Waals surface area contributed by atoms with Gasteiger partial charge in [0.05, 0.1) is 6.54 Å². The predicted octanol–water partition coefficient (Wildman–Crippen LogP) is 2.71. The summed E-state index contributed by atoms with van der Waals surface area (Å²) in [5.41, 5.74) is 2.00. The van der Waals surface area contributed by atoms with Crippen molar-refractivity contribution in [1.82, 2.24) is 14.7 Å². The van der Waals surface area contributed by atoms with Crippen LogP contribution < -0.4 is 0 Å². The molecule has 2 heterocycles. The summed E-state index contributed by atoms with van der Waals surface area (Å²) in [6, 6.07) is 7.95. The van der Waals surface area contributed by atoms with Crippen molar-refractivity contribution in [3.63, 3.8) is 0 Å². The molecule has 0 bridgehead atoms. The van der Waals surface area contributed by atoms with Crippen LogP contribution in [-0.2, 0) is 10.5 Å². The van der Waals surface area contributed by atoms with Crippen molar-refractivity contribution in [1.29, 1.82) is 0 Å². The van der Waals surface area contributed by atoms with Gasteiger partial charge in [-0.15, -0.1) is 0 Å². The molecule has 1 aromatic rings. The summed E-state index contributed by atoms with van der Waals surface area (Å²) in [6.07, 6.45) is 6.81. The zero-order chi connectivity index (χ0) is 19.1. The van der Waals surface area contributed by atoms with E-state index in [4.69, 9.17) is 0 Å². The monoisotopic (exact) mass is 389 g/mol. The summed E-state index contributed by atoms with van der Waals surface area (Å²) in [5, 5.41) is 0. The van der Waals surface area contributed by atoms with Crippen LogP contribution in [0.25, 0.3) is 0 Å². The molecule has 1 aromatic carbocycles. The van der Waals surface area contributed by atoms with Crippen molar-refractivity contribution in [3.05, 3.63) is 35.4 Å². The van der Waals surface area contributed by atoms with Crippen molar-refractivity contribution in [3.8, 4) is 0 Å². The van der Waals surface area contributed by atoms with Gasteiger partial charge in [0.15, 0.2) is 0 Å². The molecule has 0 atom stereocenters. The Bertz CT molecular complexity index is 619. The minimum Gasteiger partial charge on any atom is -0.342 e. The Morgan fingerprint density at radius 3 is 2.07 bits per heavy atom. The molecule has 2 fully saturated rings. The van der Waals surface area contributed by atoms with Gasteiger partial charge >= 0.3 is 0 Å². The van der Waals surface area contributed by atoms with E-state index in [1.807, 2.05) is 34.1 Å². The molecule has 3 rings (SSSR count). The van der Waals surface area contributed by atoms with Crippen molar-refractivity contribution < 1.29 is 9.59 Å². The third-order valence-corrected chi connectivity index (χ3v) is 6.11. The molecule has 0 spiro atoms. The number of benzene rings is 1. The van der Waals surface area contributed by atoms with Gasteiger partial charge < -0.3 is 9.80 Å². The Morgan fingerprint density at radius 2 is 1.48 bits per heavy atom. The summed E-state index contributed by atoms with van der Waals surface area (Å²) in [5.74, 6) is 1.32. The SMILES string of the molecule is CSCc1ccc(C(=O)N2CCN(CC(=O)N3CCCCCC3)CC2)cc1. The molecule has 27 heavy (non-hydrogen) atoms. The molecule has 2 saturated heterocycles. The van der Waals surface area contributed by atoms with Gasteiger partial charge in [0.2, 0.25) is 5.91 Å². The van der Waals surface area contributed by atoms with Gasteiger partial charge in [-0.2, -0.15) is 11.8 Å². The van der Waals surface area contributed by atoms with E-state index in [-0.39, 0.29) is 11.8 Å². The number of carbonyl (C=O) groups excluding carboxylic acids is 2. The number of likely N-dealkylation sites (tertiary alicyclic amines) is 1. The van der Waals surface area contributed by atoms with Crippen LogP contribution in [0.1, 0.15) is 41.6 Å². The average molecular weight is 390 g/mol. The van der Waals surface area contributed by atoms with E-state index < -0.39 is 0 Å². The Labute approximate surface area is 167 Å². The maximum Gasteiger partial charge on any atom is 0.253 e. The largest absolute Gasteiger partial charge is 0.342 e. The van der Waals surface area contributed by atoms with Gasteiger partial charge in [0.1, 0.15) is 0 Å². The molecule has 0 radical (unpaired) electrons. The normalized spacial score (nSPS) is 19.0. The molecule has 5 nitrogen and oxygen atoms in total. The second-order valence-corrected chi connectivity index (χ2v) is 8.36. The van der Waals surface area contributed by atoms with Gasteiger partial charge in [-0.05, 0) is 36.8 Å². The average Bonchev–Trinajstić information content (AvgIpc) is 2.98. The third-order valence-electron chi connectivity index (χ3n) is 5.49. The molecular formula is C21H31N3O2S. The van der Waals surface area contributed by atoms with Gasteiger partial charge in [-0.3, -0.25) is 14.5 Å². The molecule has 2 aliphatic rings. The van der Waals surface area contributed by atoms with Crippen LogP contribution in [0.5, 0.6) is 0 Å². The van der Waals surface area contributed by atoms with Crippen LogP contribution in [0.3, 0.4) is 0 Å². The highest BCUT2D eigenvalue weighted by Crippen LogP contribution is 2.14. The van der Waals surface area contributed by atoms with E-state index in [0.717, 1.165) is 50.3 Å². The number of piperazine rings is 1. The van der Waals surface area contributed by atoms with E-state index in [1.54, 1.807) is 11.8 Å². The lowest BCUT2D eigenvalue weighted by molar-refractivity contribution is -0.132. The van der Waals surface area contributed by atoms with E-state index in [0.29, 0.717) is 19.6 Å². The lowest BCUT2D eigenvalue weighted by Gasteiger charge is -2.35.